The van der Waals surface area contributed by atoms with Crippen molar-refractivity contribution in [1.29, 1.82) is 0 Å². The van der Waals surface area contributed by atoms with Crippen LogP contribution in [0.4, 0.5) is 4.39 Å². The second-order valence-electron chi connectivity index (χ2n) is 11.0. The molecule has 0 aliphatic heterocycles. The van der Waals surface area contributed by atoms with Crippen molar-refractivity contribution in [3.8, 4) is 45.3 Å². The minimum absolute atomic E-state index is 0.368. The van der Waals surface area contributed by atoms with Gasteiger partial charge < -0.3 is 19.4 Å². The van der Waals surface area contributed by atoms with Gasteiger partial charge in [-0.3, -0.25) is 10.1 Å². The molecule has 0 saturated carbocycles. The molecule has 224 valence electrons. The van der Waals surface area contributed by atoms with Crippen LogP contribution in [0.5, 0.6) is 11.5 Å². The van der Waals surface area contributed by atoms with E-state index in [2.05, 4.69) is 25.1 Å². The summed E-state index contributed by atoms with van der Waals surface area (Å²) in [6, 6.07) is 24.4. The smallest absolute Gasteiger partial charge is 0.138 e. The van der Waals surface area contributed by atoms with Crippen molar-refractivity contribution < 1.29 is 13.9 Å². The van der Waals surface area contributed by atoms with Crippen molar-refractivity contribution in [2.45, 2.75) is 6.61 Å². The first-order valence-corrected chi connectivity index (χ1v) is 14.5. The Kier molecular flexibility index (Phi) is 7.62. The number of ether oxygens (including phenoxy) is 2. The second-order valence-corrected chi connectivity index (χ2v) is 11.0. The Morgan fingerprint density at radius 2 is 1.73 bits per heavy atom. The number of aromatic amines is 2. The van der Waals surface area contributed by atoms with E-state index < -0.39 is 0 Å². The molecule has 10 heteroatoms. The average molecular weight is 600 g/mol. The summed E-state index contributed by atoms with van der Waals surface area (Å²) in [6.07, 6.45) is 5.16. The molecule has 7 rings (SSSR count). The minimum atomic E-state index is -0.368. The van der Waals surface area contributed by atoms with Gasteiger partial charge in [0.2, 0.25) is 0 Å². The Bertz CT molecular complexity index is 2110. The summed E-state index contributed by atoms with van der Waals surface area (Å²) in [4.78, 5) is 19.3. The van der Waals surface area contributed by atoms with Crippen LogP contribution < -0.4 is 9.47 Å². The maximum atomic E-state index is 14.7. The number of rotatable bonds is 10. The fourth-order valence-corrected chi connectivity index (χ4v) is 5.18. The minimum Gasteiger partial charge on any atom is -0.492 e. The Hall–Kier alpha value is -5.61. The predicted molar refractivity (Wildman–Crippen MR) is 172 cm³/mol. The molecule has 0 atom stereocenters. The molecule has 0 amide bonds. The lowest BCUT2D eigenvalue weighted by Crippen LogP contribution is -2.19. The van der Waals surface area contributed by atoms with Gasteiger partial charge in [0.15, 0.2) is 0 Å². The first-order valence-electron chi connectivity index (χ1n) is 14.5. The van der Waals surface area contributed by atoms with Gasteiger partial charge in [-0.1, -0.05) is 30.3 Å². The molecule has 2 aromatic carbocycles. The third kappa shape index (κ3) is 6.09. The molecule has 45 heavy (non-hydrogen) atoms. The highest BCUT2D eigenvalue weighted by molar-refractivity contribution is 5.99. The van der Waals surface area contributed by atoms with Gasteiger partial charge >= 0.3 is 0 Å². The zero-order valence-electron chi connectivity index (χ0n) is 24.8. The number of fused-ring (bicyclic) bond motifs is 2. The largest absolute Gasteiger partial charge is 0.492 e. The molecule has 0 aliphatic carbocycles. The van der Waals surface area contributed by atoms with Crippen molar-refractivity contribution in [3.05, 3.63) is 109 Å². The van der Waals surface area contributed by atoms with Crippen LogP contribution in [0.1, 0.15) is 5.56 Å². The topological polar surface area (TPSA) is 105 Å². The van der Waals surface area contributed by atoms with E-state index in [0.717, 1.165) is 45.5 Å². The normalized spacial score (nSPS) is 11.5. The Balaban J connectivity index is 1.20. The van der Waals surface area contributed by atoms with E-state index in [-0.39, 0.29) is 5.82 Å². The van der Waals surface area contributed by atoms with E-state index >= 15 is 0 Å². The van der Waals surface area contributed by atoms with Crippen LogP contribution in [-0.2, 0) is 6.61 Å². The van der Waals surface area contributed by atoms with Gasteiger partial charge in [0.05, 0.1) is 23.1 Å². The first-order chi connectivity index (χ1) is 22.0. The summed E-state index contributed by atoms with van der Waals surface area (Å²) in [5.74, 6) is 0.766. The third-order valence-electron chi connectivity index (χ3n) is 7.44. The van der Waals surface area contributed by atoms with Gasteiger partial charge in [-0.15, -0.1) is 0 Å². The number of hydrogen-bond acceptors (Lipinski definition) is 7. The summed E-state index contributed by atoms with van der Waals surface area (Å²) in [7, 11) is 3.93. The van der Waals surface area contributed by atoms with E-state index in [1.54, 1.807) is 18.6 Å². The molecular weight excluding hydrogens is 569 g/mol. The van der Waals surface area contributed by atoms with Crippen LogP contribution in [0.25, 0.3) is 55.8 Å². The van der Waals surface area contributed by atoms with Crippen LogP contribution in [-0.4, -0.2) is 62.3 Å². The molecule has 2 N–H and O–H groups in total. The summed E-state index contributed by atoms with van der Waals surface area (Å²) < 4.78 is 26.5. The fraction of sp³-hybridized carbons (Fsp3) is 0.143. The van der Waals surface area contributed by atoms with Crippen molar-refractivity contribution in [1.82, 2.24) is 35.0 Å². The molecule has 0 fully saturated rings. The lowest BCUT2D eigenvalue weighted by molar-refractivity contribution is 0.260. The number of hydrogen-bond donors (Lipinski definition) is 2. The van der Waals surface area contributed by atoms with Crippen molar-refractivity contribution in [2.75, 3.05) is 27.2 Å². The molecule has 0 spiro atoms. The number of pyridine rings is 3. The average Bonchev–Trinajstić information content (AvgIpc) is 3.68. The molecule has 0 aliphatic rings. The van der Waals surface area contributed by atoms with Gasteiger partial charge in [0, 0.05) is 36.0 Å². The molecule has 9 nitrogen and oxygen atoms in total. The van der Waals surface area contributed by atoms with E-state index in [4.69, 9.17) is 14.5 Å². The highest BCUT2D eigenvalue weighted by Gasteiger charge is 2.17. The molecular formula is C35H30FN7O2. The lowest BCUT2D eigenvalue weighted by atomic mass is 10.0. The quantitative estimate of drug-likeness (QED) is 0.176. The van der Waals surface area contributed by atoms with E-state index in [1.807, 2.05) is 85.7 Å². The second kappa shape index (κ2) is 12.2. The third-order valence-corrected chi connectivity index (χ3v) is 7.44. The summed E-state index contributed by atoms with van der Waals surface area (Å²) in [5.41, 5.74) is 7.67. The molecule has 0 radical (unpaired) electrons. The maximum absolute atomic E-state index is 14.7. The van der Waals surface area contributed by atoms with E-state index in [1.165, 1.54) is 12.1 Å². The summed E-state index contributed by atoms with van der Waals surface area (Å²) >= 11 is 0. The van der Waals surface area contributed by atoms with Crippen LogP contribution in [0.2, 0.25) is 0 Å². The summed E-state index contributed by atoms with van der Waals surface area (Å²) in [5, 5.41) is 8.50. The molecule has 5 aromatic heterocycles. The fourth-order valence-electron chi connectivity index (χ4n) is 5.18. The zero-order valence-corrected chi connectivity index (χ0v) is 24.8. The molecule has 5 heterocycles. The SMILES string of the molecule is CN(C)CCOc1cc(F)cc(-c2ccnc3[nH]c(-c4n[nH]c5ccc(-c6cncc(OCc7ccccc7)c6)nc45)cc23)c1. The van der Waals surface area contributed by atoms with Gasteiger partial charge in [0.25, 0.3) is 0 Å². The van der Waals surface area contributed by atoms with Crippen molar-refractivity contribution in [3.63, 3.8) is 0 Å². The Morgan fingerprint density at radius 1 is 0.867 bits per heavy atom. The molecule has 0 bridgehead atoms. The monoisotopic (exact) mass is 599 g/mol. The standard InChI is InChI=1S/C35H30FN7O2/c1-43(2)12-13-44-26-15-23(14-25(36)17-26)28-10-11-38-35-29(28)18-32(40-35)34-33-31(41-42-34)9-8-30(39-33)24-16-27(20-37-19-24)45-21-22-6-4-3-5-7-22/h3-11,14-20H,12-13,21H2,1-2H3,(H,38,40)(H,41,42). The Morgan fingerprint density at radius 3 is 2.60 bits per heavy atom. The summed E-state index contributed by atoms with van der Waals surface area (Å²) in [6.45, 7) is 1.63. The van der Waals surface area contributed by atoms with E-state index in [0.29, 0.717) is 47.1 Å². The number of likely N-dealkylation sites (N-methyl/N-ethyl adjacent to an activating group) is 1. The number of nitrogens with zero attached hydrogens (tertiary/aromatic N) is 5. The number of nitrogens with one attached hydrogen (secondary N) is 2. The van der Waals surface area contributed by atoms with Crippen LogP contribution in [0.3, 0.4) is 0 Å². The van der Waals surface area contributed by atoms with Gasteiger partial charge in [-0.05, 0) is 73.3 Å². The highest BCUT2D eigenvalue weighted by Crippen LogP contribution is 2.35. The van der Waals surface area contributed by atoms with Crippen molar-refractivity contribution in [2.24, 2.45) is 0 Å². The van der Waals surface area contributed by atoms with Gasteiger partial charge in [-0.25, -0.2) is 14.4 Å². The molecule has 0 unspecified atom stereocenters. The lowest BCUT2D eigenvalue weighted by Gasteiger charge is -2.12. The van der Waals surface area contributed by atoms with E-state index in [9.17, 15) is 4.39 Å². The van der Waals surface area contributed by atoms with Gasteiger partial charge in [0.1, 0.15) is 47.4 Å². The highest BCUT2D eigenvalue weighted by atomic mass is 19.1. The molecule has 0 saturated heterocycles. The number of H-pyrrole nitrogens is 2. The number of benzene rings is 2. The van der Waals surface area contributed by atoms with Crippen LogP contribution in [0, 0.1) is 5.82 Å². The molecule has 7 aromatic rings. The number of halogens is 1. The Labute approximate surface area is 258 Å². The van der Waals surface area contributed by atoms with Crippen molar-refractivity contribution >= 4 is 22.1 Å². The number of aromatic nitrogens is 6. The first kappa shape index (κ1) is 28.2. The zero-order chi connectivity index (χ0) is 30.8. The van der Waals surface area contributed by atoms with Crippen LogP contribution >= 0.6 is 0 Å². The predicted octanol–water partition coefficient (Wildman–Crippen LogP) is 6.89. The van der Waals surface area contributed by atoms with Gasteiger partial charge in [-0.2, -0.15) is 5.10 Å². The van der Waals surface area contributed by atoms with Crippen LogP contribution in [0.15, 0.2) is 97.5 Å². The maximum Gasteiger partial charge on any atom is 0.138 e.